The van der Waals surface area contributed by atoms with Crippen molar-refractivity contribution in [2.45, 2.75) is 145 Å². The minimum absolute atomic E-state index is 0.263. The molecule has 6 nitrogen and oxygen atoms in total. The summed E-state index contributed by atoms with van der Waals surface area (Å²) in [4.78, 5) is 0. The molecule has 0 amide bonds. The lowest BCUT2D eigenvalue weighted by Crippen LogP contribution is -2.76. The van der Waals surface area contributed by atoms with Gasteiger partial charge in [-0.15, -0.1) is 0 Å². The van der Waals surface area contributed by atoms with Crippen LogP contribution in [0.4, 0.5) is 132 Å². The van der Waals surface area contributed by atoms with E-state index in [0.29, 0.717) is 0 Å². The van der Waals surface area contributed by atoms with Crippen molar-refractivity contribution >= 4 is 29.4 Å². The molecule has 2 atom stereocenters. The first-order valence-corrected chi connectivity index (χ1v) is 22.5. The lowest BCUT2D eigenvalue weighted by molar-refractivity contribution is -0.446. The molecule has 69 heavy (non-hydrogen) atoms. The van der Waals surface area contributed by atoms with Crippen LogP contribution in [-0.2, 0) is 26.6 Å². The first-order chi connectivity index (χ1) is 30.1. The zero-order valence-electron chi connectivity index (χ0n) is 35.4. The van der Waals surface area contributed by atoms with Crippen molar-refractivity contribution in [1.29, 1.82) is 0 Å². The van der Waals surface area contributed by atoms with Gasteiger partial charge in [0.1, 0.15) is 0 Å². The fraction of sp³-hybridized carbons (Fsp3) is 1.00. The summed E-state index contributed by atoms with van der Waals surface area (Å²) in [7, 11) is -9.18. The van der Waals surface area contributed by atoms with Gasteiger partial charge in [-0.2, -0.15) is 123 Å². The molecule has 2 unspecified atom stereocenters. The Labute approximate surface area is 375 Å². The van der Waals surface area contributed by atoms with Crippen LogP contribution in [-0.4, -0.2) is 153 Å². The summed E-state index contributed by atoms with van der Waals surface area (Å²) < 4.78 is 475. The molecule has 0 aromatic heterocycles. The Balaban J connectivity index is 9.04. The van der Waals surface area contributed by atoms with E-state index >= 15 is 61.5 Å². The van der Waals surface area contributed by atoms with Gasteiger partial charge >= 0.3 is 101 Å². The number of hydrogen-bond acceptors (Lipinski definition) is 7. The van der Waals surface area contributed by atoms with E-state index in [4.69, 9.17) is 0 Å². The molecular weight excluding hydrogens is 1110 g/mol. The Morgan fingerprint density at radius 2 is 0.435 bits per heavy atom. The molecule has 0 spiro atoms. The molecule has 0 heterocycles. The fourth-order valence-corrected chi connectivity index (χ4v) is 10.8. The van der Waals surface area contributed by atoms with E-state index < -0.39 is 160 Å². The first-order valence-electron chi connectivity index (χ1n) is 17.8. The van der Waals surface area contributed by atoms with Crippen molar-refractivity contribution in [1.82, 2.24) is 0 Å². The summed E-state index contributed by atoms with van der Waals surface area (Å²) in [5.41, 5.74) is 0. The Bertz CT molecular complexity index is 1580. The van der Waals surface area contributed by atoms with E-state index in [1.54, 1.807) is 0 Å². The van der Waals surface area contributed by atoms with Crippen LogP contribution < -0.4 is 0 Å². The van der Waals surface area contributed by atoms with Gasteiger partial charge in [-0.05, 0) is 0 Å². The van der Waals surface area contributed by atoms with Gasteiger partial charge in [-0.25, -0.2) is 8.78 Å². The summed E-state index contributed by atoms with van der Waals surface area (Å²) in [6, 6.07) is -4.84. The number of rotatable bonds is 30. The zero-order chi connectivity index (χ0) is 56.2. The standard InChI is InChI=1S/C30H36F30O6SSi2/c1-9-15(31,32)19(37,38)23(45,46)27(53,54)29(57,58)25(49,50)21(41,42)17(35,11-13-68(61-3,62-4)63-5)67-18(36,12-14-69(64-6,65-7)66-8)22(43,44)26(51,52)30(59,60)28(55,56)24(47,48)20(39,40)16(33,34)10-2/h9-14H2,1-8H3. The van der Waals surface area contributed by atoms with E-state index in [1.165, 1.54) is 0 Å². The van der Waals surface area contributed by atoms with Crippen molar-refractivity contribution < 1.29 is 158 Å². The lowest BCUT2D eigenvalue weighted by atomic mass is 9.87. The second-order valence-electron chi connectivity index (χ2n) is 14.2. The van der Waals surface area contributed by atoms with E-state index in [2.05, 4.69) is 26.6 Å². The highest BCUT2D eigenvalue weighted by molar-refractivity contribution is 8.01. The van der Waals surface area contributed by atoms with Gasteiger partial charge in [-0.3, -0.25) is 0 Å². The molecule has 0 bridgehead atoms. The minimum Gasteiger partial charge on any atom is -0.377 e. The summed E-state index contributed by atoms with van der Waals surface area (Å²) in [5, 5.41) is -14.6. The van der Waals surface area contributed by atoms with Gasteiger partial charge in [0.15, 0.2) is 0 Å². The molecule has 0 saturated carbocycles. The summed E-state index contributed by atoms with van der Waals surface area (Å²) in [6.45, 7) is -0.574. The second kappa shape index (κ2) is 19.9. The number of halogens is 30. The third kappa shape index (κ3) is 9.73. The molecule has 39 heteroatoms. The Morgan fingerprint density at radius 3 is 0.594 bits per heavy atom. The van der Waals surface area contributed by atoms with Gasteiger partial charge < -0.3 is 26.6 Å². The largest absolute Gasteiger partial charge is 0.500 e. The van der Waals surface area contributed by atoms with Gasteiger partial charge in [-0.1, -0.05) is 25.6 Å². The maximum Gasteiger partial charge on any atom is 0.500 e. The van der Waals surface area contributed by atoms with E-state index in [-0.39, 0.29) is 56.5 Å². The molecule has 0 aromatic rings. The van der Waals surface area contributed by atoms with Crippen LogP contribution in [0.5, 0.6) is 0 Å². The topological polar surface area (TPSA) is 55.4 Å². The third-order valence-corrected chi connectivity index (χ3v) is 17.4. The summed E-state index contributed by atoms with van der Waals surface area (Å²) >= 11 is -3.65. The van der Waals surface area contributed by atoms with Crippen LogP contribution in [0.25, 0.3) is 0 Å². The molecule has 0 saturated heterocycles. The Morgan fingerprint density at radius 1 is 0.275 bits per heavy atom. The lowest BCUT2D eigenvalue weighted by Gasteiger charge is -2.48. The van der Waals surface area contributed by atoms with Gasteiger partial charge in [0, 0.05) is 80.4 Å². The average Bonchev–Trinajstić information content (AvgIpc) is 3.23. The van der Waals surface area contributed by atoms with Crippen molar-refractivity contribution in [2.75, 3.05) is 42.7 Å². The maximum atomic E-state index is 17.0. The molecule has 0 aliphatic carbocycles. The third-order valence-electron chi connectivity index (χ3n) is 10.4. The van der Waals surface area contributed by atoms with Gasteiger partial charge in [0.25, 0.3) is 0 Å². The smallest absolute Gasteiger partial charge is 0.377 e. The van der Waals surface area contributed by atoms with Gasteiger partial charge in [0.05, 0.1) is 0 Å². The molecule has 0 aliphatic heterocycles. The number of alkyl halides is 30. The quantitative estimate of drug-likeness (QED) is 0.0525. The van der Waals surface area contributed by atoms with Crippen molar-refractivity contribution in [2.24, 2.45) is 0 Å². The fourth-order valence-electron chi connectivity index (χ4n) is 5.49. The average molecular weight is 1150 g/mol. The van der Waals surface area contributed by atoms with Crippen LogP contribution in [0.15, 0.2) is 0 Å². The highest BCUT2D eigenvalue weighted by atomic mass is 32.2. The van der Waals surface area contributed by atoms with E-state index in [1.807, 2.05) is 0 Å². The van der Waals surface area contributed by atoms with Crippen LogP contribution in [0.3, 0.4) is 0 Å². The first kappa shape index (κ1) is 67.4. The molecule has 0 radical (unpaired) electrons. The van der Waals surface area contributed by atoms with Crippen molar-refractivity contribution in [3.8, 4) is 0 Å². The Hall–Kier alpha value is -1.56. The molecule has 416 valence electrons. The molecule has 0 fully saturated rings. The normalized spacial score (nSPS) is 17.8. The molecule has 0 aliphatic rings. The maximum absolute atomic E-state index is 17.0. The molecule has 0 N–H and O–H groups in total. The minimum atomic E-state index is -9.28. The summed E-state index contributed by atoms with van der Waals surface area (Å²) in [6.07, 6.45) is -12.7. The van der Waals surface area contributed by atoms with E-state index in [9.17, 15) is 70.2 Å². The SMILES string of the molecule is CCC(F)(F)C(F)(F)C(F)(F)C(F)(F)C(F)(F)C(F)(F)C(F)(F)C(F)(CC[Si](OC)(OC)OC)SC(F)(CC[Si](OC)(OC)OC)C(F)(F)C(F)(F)C(F)(F)C(F)(F)C(F)(F)C(F)(F)C(F)(F)CC. The van der Waals surface area contributed by atoms with Crippen LogP contribution in [0.2, 0.25) is 12.1 Å². The highest BCUT2D eigenvalue weighted by Gasteiger charge is 2.97. The zero-order valence-corrected chi connectivity index (χ0v) is 38.3. The molecule has 0 rings (SSSR count). The summed E-state index contributed by atoms with van der Waals surface area (Å²) in [5.74, 6) is -120. The van der Waals surface area contributed by atoms with Crippen LogP contribution in [0.1, 0.15) is 39.5 Å². The Kier molecular flexibility index (Phi) is 19.5. The van der Waals surface area contributed by atoms with Crippen molar-refractivity contribution in [3.05, 3.63) is 0 Å². The predicted molar refractivity (Wildman–Crippen MR) is 178 cm³/mol. The monoisotopic (exact) mass is 1150 g/mol. The van der Waals surface area contributed by atoms with Crippen molar-refractivity contribution in [3.63, 3.8) is 0 Å². The molecule has 0 aromatic carbocycles. The predicted octanol–water partition coefficient (Wildman–Crippen LogP) is 13.3. The number of hydrogen-bond donors (Lipinski definition) is 0. The van der Waals surface area contributed by atoms with Crippen LogP contribution in [0, 0.1) is 0 Å². The van der Waals surface area contributed by atoms with Crippen LogP contribution >= 0.6 is 11.8 Å². The number of thioether (sulfide) groups is 1. The highest BCUT2D eigenvalue weighted by Crippen LogP contribution is 2.71. The van der Waals surface area contributed by atoms with Gasteiger partial charge in [0.2, 0.25) is 10.0 Å². The second-order valence-corrected chi connectivity index (χ2v) is 21.8. The van der Waals surface area contributed by atoms with E-state index in [0.717, 1.165) is 0 Å². The molecular formula is C30H36F30O6SSi2.